The number of para-hydroxylation sites is 1. The van der Waals surface area contributed by atoms with Crippen LogP contribution >= 0.6 is 0 Å². The number of anilines is 2. The van der Waals surface area contributed by atoms with Gasteiger partial charge in [0.25, 0.3) is 5.91 Å². The summed E-state index contributed by atoms with van der Waals surface area (Å²) in [6.07, 6.45) is 0.725. The van der Waals surface area contributed by atoms with E-state index in [4.69, 9.17) is 4.98 Å². The Morgan fingerprint density at radius 3 is 2.60 bits per heavy atom. The molecule has 2 heterocycles. The van der Waals surface area contributed by atoms with Crippen molar-refractivity contribution in [3.05, 3.63) is 89.5 Å². The predicted molar refractivity (Wildman–Crippen MR) is 140 cm³/mol. The molecule has 35 heavy (non-hydrogen) atoms. The molecular weight excluding hydrogens is 460 g/mol. The Balaban J connectivity index is 1.40. The summed E-state index contributed by atoms with van der Waals surface area (Å²) in [5.41, 5.74) is 6.16. The number of carbonyl (C=O) groups excluding carboxylic acids is 1. The molecular formula is C27H26N4O3S. The van der Waals surface area contributed by atoms with E-state index in [9.17, 15) is 13.2 Å². The molecule has 1 fully saturated rings. The molecule has 2 N–H and O–H groups in total. The van der Waals surface area contributed by atoms with Crippen molar-refractivity contribution in [1.82, 2.24) is 9.71 Å². The Kier molecular flexibility index (Phi) is 6.00. The molecule has 1 saturated heterocycles. The van der Waals surface area contributed by atoms with Crippen LogP contribution in [0.1, 0.15) is 27.9 Å². The third-order valence-corrected chi connectivity index (χ3v) is 7.77. The molecule has 0 bridgehead atoms. The second-order valence-corrected chi connectivity index (χ2v) is 10.4. The number of benzene rings is 3. The van der Waals surface area contributed by atoms with Gasteiger partial charge in [0, 0.05) is 35.3 Å². The van der Waals surface area contributed by atoms with Crippen molar-refractivity contribution in [2.24, 2.45) is 0 Å². The minimum atomic E-state index is -3.55. The van der Waals surface area contributed by atoms with Gasteiger partial charge in [0.15, 0.2) is 0 Å². The molecule has 0 unspecified atom stereocenters. The molecule has 1 aliphatic heterocycles. The topological polar surface area (TPSA) is 91.4 Å². The first kappa shape index (κ1) is 23.0. The van der Waals surface area contributed by atoms with Gasteiger partial charge in [-0.3, -0.25) is 9.10 Å². The third-order valence-electron chi connectivity index (χ3n) is 6.22. The number of pyridine rings is 1. The zero-order valence-corrected chi connectivity index (χ0v) is 20.4. The molecule has 7 nitrogen and oxygen atoms in total. The minimum absolute atomic E-state index is 0.255. The van der Waals surface area contributed by atoms with Gasteiger partial charge in [0.2, 0.25) is 0 Å². The molecule has 0 atom stereocenters. The first-order chi connectivity index (χ1) is 16.8. The number of amides is 1. The summed E-state index contributed by atoms with van der Waals surface area (Å²) in [6.45, 7) is 4.67. The van der Waals surface area contributed by atoms with Crippen molar-refractivity contribution in [2.45, 2.75) is 20.3 Å². The number of carbonyl (C=O) groups is 1. The first-order valence-electron chi connectivity index (χ1n) is 11.5. The number of aryl methyl sites for hydroxylation is 2. The van der Waals surface area contributed by atoms with Crippen LogP contribution in [0.4, 0.5) is 11.4 Å². The summed E-state index contributed by atoms with van der Waals surface area (Å²) in [5, 5.41) is 4.05. The van der Waals surface area contributed by atoms with E-state index in [-0.39, 0.29) is 5.91 Å². The van der Waals surface area contributed by atoms with Crippen molar-refractivity contribution in [3.63, 3.8) is 0 Å². The maximum atomic E-state index is 13.1. The lowest BCUT2D eigenvalue weighted by Gasteiger charge is -2.29. The molecule has 1 aliphatic rings. The van der Waals surface area contributed by atoms with Gasteiger partial charge >= 0.3 is 10.2 Å². The average molecular weight is 487 g/mol. The summed E-state index contributed by atoms with van der Waals surface area (Å²) < 4.78 is 28.5. The fourth-order valence-corrected chi connectivity index (χ4v) is 5.66. The molecule has 0 aliphatic carbocycles. The van der Waals surface area contributed by atoms with Crippen LogP contribution in [0.15, 0.2) is 72.8 Å². The standard InChI is InChI=1S/C27H26N4O3S/c1-18-8-10-21(17-24(18)26-13-9-20-6-3-4-7-25(20)30-26)29-27(32)23-12-11-22(16-19(23)2)31-15-5-14-28-35(31,33)34/h3-4,6-13,16-17,28H,5,14-15H2,1-2H3,(H,29,32). The maximum absolute atomic E-state index is 13.1. The second-order valence-electron chi connectivity index (χ2n) is 8.70. The number of rotatable bonds is 4. The number of nitrogens with one attached hydrogen (secondary N) is 2. The second kappa shape index (κ2) is 9.13. The molecule has 8 heteroatoms. The summed E-state index contributed by atoms with van der Waals surface area (Å²) in [5.74, 6) is -0.255. The Labute approximate surface area is 205 Å². The van der Waals surface area contributed by atoms with Gasteiger partial charge in [-0.1, -0.05) is 30.3 Å². The highest BCUT2D eigenvalue weighted by molar-refractivity contribution is 7.90. The molecule has 178 valence electrons. The maximum Gasteiger partial charge on any atom is 0.301 e. The van der Waals surface area contributed by atoms with E-state index in [2.05, 4.69) is 10.0 Å². The van der Waals surface area contributed by atoms with Crippen molar-refractivity contribution < 1.29 is 13.2 Å². The number of fused-ring (bicyclic) bond motifs is 1. The summed E-state index contributed by atoms with van der Waals surface area (Å²) in [7, 11) is -3.55. The SMILES string of the molecule is Cc1cc(N2CCCNS2(=O)=O)ccc1C(=O)Nc1ccc(C)c(-c2ccc3ccccc3n2)c1. The number of hydrogen-bond acceptors (Lipinski definition) is 4. The fourth-order valence-electron chi connectivity index (χ4n) is 4.34. The van der Waals surface area contributed by atoms with Crippen molar-refractivity contribution in [3.8, 4) is 11.3 Å². The van der Waals surface area contributed by atoms with Crippen LogP contribution < -0.4 is 14.3 Å². The van der Waals surface area contributed by atoms with Crippen molar-refractivity contribution in [2.75, 3.05) is 22.7 Å². The van der Waals surface area contributed by atoms with E-state index in [0.29, 0.717) is 35.6 Å². The Hall–Kier alpha value is -3.75. The van der Waals surface area contributed by atoms with Crippen LogP contribution in [0.3, 0.4) is 0 Å². The van der Waals surface area contributed by atoms with Gasteiger partial charge in [-0.25, -0.2) is 4.98 Å². The fraction of sp³-hybridized carbons (Fsp3) is 0.185. The zero-order valence-electron chi connectivity index (χ0n) is 19.6. The number of hydrogen-bond donors (Lipinski definition) is 2. The Morgan fingerprint density at radius 1 is 0.971 bits per heavy atom. The molecule has 3 aromatic carbocycles. The van der Waals surface area contributed by atoms with Gasteiger partial charge in [-0.15, -0.1) is 0 Å². The summed E-state index contributed by atoms with van der Waals surface area (Å²) in [6, 6.07) is 22.8. The molecule has 5 rings (SSSR count). The molecule has 1 amide bonds. The van der Waals surface area contributed by atoms with Crippen LogP contribution in [0.25, 0.3) is 22.2 Å². The van der Waals surface area contributed by atoms with Gasteiger partial charge < -0.3 is 5.32 Å². The van der Waals surface area contributed by atoms with E-state index in [1.807, 2.05) is 68.4 Å². The first-order valence-corrected chi connectivity index (χ1v) is 12.9. The molecule has 0 radical (unpaired) electrons. The quantitative estimate of drug-likeness (QED) is 0.433. The highest BCUT2D eigenvalue weighted by Crippen LogP contribution is 2.28. The van der Waals surface area contributed by atoms with E-state index in [1.165, 1.54) is 4.31 Å². The van der Waals surface area contributed by atoms with Gasteiger partial charge in [-0.2, -0.15) is 13.1 Å². The molecule has 1 aromatic heterocycles. The normalized spacial score (nSPS) is 15.2. The lowest BCUT2D eigenvalue weighted by molar-refractivity contribution is 0.102. The number of nitrogens with zero attached hydrogens (tertiary/aromatic N) is 2. The zero-order chi connectivity index (χ0) is 24.6. The van der Waals surface area contributed by atoms with E-state index >= 15 is 0 Å². The van der Waals surface area contributed by atoms with E-state index < -0.39 is 10.2 Å². The van der Waals surface area contributed by atoms with Gasteiger partial charge in [0.05, 0.1) is 16.9 Å². The number of aromatic nitrogens is 1. The Bertz CT molecular complexity index is 1550. The van der Waals surface area contributed by atoms with Crippen LogP contribution in [-0.4, -0.2) is 32.4 Å². The highest BCUT2D eigenvalue weighted by Gasteiger charge is 2.26. The summed E-state index contributed by atoms with van der Waals surface area (Å²) in [4.78, 5) is 17.9. The van der Waals surface area contributed by atoms with Gasteiger partial charge in [0.1, 0.15) is 0 Å². The average Bonchev–Trinajstić information content (AvgIpc) is 2.84. The highest BCUT2D eigenvalue weighted by atomic mass is 32.2. The lowest BCUT2D eigenvalue weighted by atomic mass is 10.0. The van der Waals surface area contributed by atoms with Crippen LogP contribution in [0.2, 0.25) is 0 Å². The van der Waals surface area contributed by atoms with Gasteiger partial charge in [-0.05, 0) is 73.9 Å². The lowest BCUT2D eigenvalue weighted by Crippen LogP contribution is -2.47. The van der Waals surface area contributed by atoms with E-state index in [1.54, 1.807) is 18.2 Å². The van der Waals surface area contributed by atoms with Crippen molar-refractivity contribution in [1.29, 1.82) is 0 Å². The Morgan fingerprint density at radius 2 is 1.80 bits per heavy atom. The molecule has 0 spiro atoms. The monoisotopic (exact) mass is 486 g/mol. The van der Waals surface area contributed by atoms with Crippen LogP contribution in [-0.2, 0) is 10.2 Å². The largest absolute Gasteiger partial charge is 0.322 e. The third kappa shape index (κ3) is 4.62. The van der Waals surface area contributed by atoms with Crippen molar-refractivity contribution >= 4 is 38.4 Å². The predicted octanol–water partition coefficient (Wildman–Crippen LogP) is 4.82. The summed E-state index contributed by atoms with van der Waals surface area (Å²) >= 11 is 0. The van der Waals surface area contributed by atoms with E-state index in [0.717, 1.165) is 34.1 Å². The smallest absolute Gasteiger partial charge is 0.301 e. The minimum Gasteiger partial charge on any atom is -0.322 e. The van der Waals surface area contributed by atoms with Crippen LogP contribution in [0.5, 0.6) is 0 Å². The van der Waals surface area contributed by atoms with Crippen LogP contribution in [0, 0.1) is 13.8 Å². The molecule has 0 saturated carbocycles. The molecule has 4 aromatic rings.